The van der Waals surface area contributed by atoms with Crippen molar-refractivity contribution in [3.63, 3.8) is 0 Å². The highest BCUT2D eigenvalue weighted by molar-refractivity contribution is 5.94. The van der Waals surface area contributed by atoms with Gasteiger partial charge in [0.05, 0.1) is 17.2 Å². The van der Waals surface area contributed by atoms with Crippen LogP contribution in [0.1, 0.15) is 28.4 Å². The molecule has 2 nitrogen and oxygen atoms in total. The third-order valence-electron chi connectivity index (χ3n) is 1.85. The number of hydrogen-bond donors (Lipinski definition) is 0. The molecule has 0 amide bonds. The van der Waals surface area contributed by atoms with E-state index >= 15 is 0 Å². The molecule has 0 atom stereocenters. The Kier molecular flexibility index (Phi) is 2.80. The SMILES string of the molecule is CC(=O)c1ccc(C#N)c(C(F)(F)F)c1. The zero-order valence-corrected chi connectivity index (χ0v) is 7.72. The fraction of sp³-hybridized carbons (Fsp3) is 0.200. The molecule has 0 aromatic heterocycles. The van der Waals surface area contributed by atoms with Gasteiger partial charge in [-0.25, -0.2) is 0 Å². The van der Waals surface area contributed by atoms with Crippen molar-refractivity contribution in [3.05, 3.63) is 34.9 Å². The number of nitriles is 1. The van der Waals surface area contributed by atoms with Gasteiger partial charge >= 0.3 is 6.18 Å². The van der Waals surface area contributed by atoms with E-state index in [4.69, 9.17) is 5.26 Å². The first-order valence-electron chi connectivity index (χ1n) is 3.98. The predicted octanol–water partition coefficient (Wildman–Crippen LogP) is 2.78. The molecule has 0 radical (unpaired) electrons. The highest BCUT2D eigenvalue weighted by atomic mass is 19.4. The van der Waals surface area contributed by atoms with Crippen LogP contribution in [0.5, 0.6) is 0 Å². The summed E-state index contributed by atoms with van der Waals surface area (Å²) in [7, 11) is 0. The summed E-state index contributed by atoms with van der Waals surface area (Å²) in [5.74, 6) is -0.468. The summed E-state index contributed by atoms with van der Waals surface area (Å²) in [6.45, 7) is 1.17. The van der Waals surface area contributed by atoms with Crippen LogP contribution in [0, 0.1) is 11.3 Å². The Hall–Kier alpha value is -1.83. The molecule has 0 heterocycles. The lowest BCUT2D eigenvalue weighted by molar-refractivity contribution is -0.137. The zero-order valence-electron chi connectivity index (χ0n) is 7.72. The molecule has 78 valence electrons. The van der Waals surface area contributed by atoms with Gasteiger partial charge < -0.3 is 0 Å². The van der Waals surface area contributed by atoms with Gasteiger partial charge in [-0.15, -0.1) is 0 Å². The third kappa shape index (κ3) is 2.34. The molecule has 0 fully saturated rings. The van der Waals surface area contributed by atoms with Gasteiger partial charge in [0.25, 0.3) is 0 Å². The maximum Gasteiger partial charge on any atom is 0.417 e. The average Bonchev–Trinajstić information content (AvgIpc) is 2.15. The minimum Gasteiger partial charge on any atom is -0.295 e. The summed E-state index contributed by atoms with van der Waals surface area (Å²) in [4.78, 5) is 10.9. The number of Topliss-reactive ketones (excluding diaryl/α,β-unsaturated/α-hetero) is 1. The minimum atomic E-state index is -4.61. The summed E-state index contributed by atoms with van der Waals surface area (Å²) in [6.07, 6.45) is -4.61. The molecular formula is C10H6F3NO. The van der Waals surface area contributed by atoms with Gasteiger partial charge in [-0.05, 0) is 19.1 Å². The van der Waals surface area contributed by atoms with Crippen LogP contribution in [-0.2, 0) is 6.18 Å². The molecule has 1 rings (SSSR count). The summed E-state index contributed by atoms with van der Waals surface area (Å²) in [5, 5.41) is 8.48. The first kappa shape index (κ1) is 11.2. The standard InChI is InChI=1S/C10H6F3NO/c1-6(15)7-2-3-8(5-14)9(4-7)10(11,12)13/h2-4H,1H3. The van der Waals surface area contributed by atoms with E-state index in [-0.39, 0.29) is 5.56 Å². The topological polar surface area (TPSA) is 40.9 Å². The molecule has 0 saturated carbocycles. The van der Waals surface area contributed by atoms with Crippen molar-refractivity contribution in [2.45, 2.75) is 13.1 Å². The van der Waals surface area contributed by atoms with E-state index in [0.29, 0.717) is 6.07 Å². The van der Waals surface area contributed by atoms with Crippen LogP contribution in [0.3, 0.4) is 0 Å². The third-order valence-corrected chi connectivity index (χ3v) is 1.85. The molecule has 0 unspecified atom stereocenters. The number of carbonyl (C=O) groups is 1. The van der Waals surface area contributed by atoms with Crippen molar-refractivity contribution < 1.29 is 18.0 Å². The van der Waals surface area contributed by atoms with Crippen LogP contribution < -0.4 is 0 Å². The van der Waals surface area contributed by atoms with E-state index in [0.717, 1.165) is 6.07 Å². The number of benzene rings is 1. The van der Waals surface area contributed by atoms with Crippen molar-refractivity contribution in [1.82, 2.24) is 0 Å². The minimum absolute atomic E-state index is 0.0543. The molecule has 1 aromatic carbocycles. The molecule has 15 heavy (non-hydrogen) atoms. The van der Waals surface area contributed by atoms with E-state index in [2.05, 4.69) is 0 Å². The largest absolute Gasteiger partial charge is 0.417 e. The summed E-state index contributed by atoms with van der Waals surface area (Å²) in [5.41, 5.74) is -1.61. The van der Waals surface area contributed by atoms with Gasteiger partial charge in [-0.2, -0.15) is 18.4 Å². The molecule has 0 aliphatic heterocycles. The van der Waals surface area contributed by atoms with Gasteiger partial charge in [-0.3, -0.25) is 4.79 Å². The number of halogens is 3. The Balaban J connectivity index is 3.40. The lowest BCUT2D eigenvalue weighted by Gasteiger charge is -2.09. The van der Waals surface area contributed by atoms with Gasteiger partial charge in [0.1, 0.15) is 0 Å². The monoisotopic (exact) mass is 213 g/mol. The highest BCUT2D eigenvalue weighted by Crippen LogP contribution is 2.32. The second kappa shape index (κ2) is 3.73. The predicted molar refractivity (Wildman–Crippen MR) is 46.2 cm³/mol. The van der Waals surface area contributed by atoms with Gasteiger partial charge in [0.15, 0.2) is 5.78 Å². The van der Waals surface area contributed by atoms with Crippen molar-refractivity contribution in [1.29, 1.82) is 5.26 Å². The molecule has 0 aliphatic carbocycles. The number of rotatable bonds is 1. The Morgan fingerprint density at radius 2 is 2.00 bits per heavy atom. The molecule has 0 aliphatic rings. The normalized spacial score (nSPS) is 10.9. The van der Waals surface area contributed by atoms with Gasteiger partial charge in [0, 0.05) is 5.56 Å². The van der Waals surface area contributed by atoms with E-state index in [1.807, 2.05) is 0 Å². The average molecular weight is 213 g/mol. The fourth-order valence-electron chi connectivity index (χ4n) is 1.10. The Bertz CT molecular complexity index is 443. The van der Waals surface area contributed by atoms with E-state index in [1.54, 1.807) is 0 Å². The van der Waals surface area contributed by atoms with Crippen molar-refractivity contribution in [2.75, 3.05) is 0 Å². The van der Waals surface area contributed by atoms with E-state index < -0.39 is 23.1 Å². The van der Waals surface area contributed by atoms with Crippen LogP contribution >= 0.6 is 0 Å². The van der Waals surface area contributed by atoms with Crippen LogP contribution in [0.25, 0.3) is 0 Å². The number of nitrogens with zero attached hydrogens (tertiary/aromatic N) is 1. The number of ketones is 1. The quantitative estimate of drug-likeness (QED) is 0.673. The molecule has 0 saturated heterocycles. The maximum absolute atomic E-state index is 12.4. The van der Waals surface area contributed by atoms with Crippen LogP contribution in [0.4, 0.5) is 13.2 Å². The highest BCUT2D eigenvalue weighted by Gasteiger charge is 2.34. The fourth-order valence-corrected chi connectivity index (χ4v) is 1.10. The number of alkyl halides is 3. The molecule has 5 heteroatoms. The summed E-state index contributed by atoms with van der Waals surface area (Å²) < 4.78 is 37.2. The van der Waals surface area contributed by atoms with Crippen LogP contribution in [0.15, 0.2) is 18.2 Å². The lowest BCUT2D eigenvalue weighted by Crippen LogP contribution is -2.09. The van der Waals surface area contributed by atoms with Crippen molar-refractivity contribution in [3.8, 4) is 6.07 Å². The molecule has 0 bridgehead atoms. The zero-order chi connectivity index (χ0) is 11.6. The second-order valence-corrected chi connectivity index (χ2v) is 2.93. The van der Waals surface area contributed by atoms with Gasteiger partial charge in [-0.1, -0.05) is 6.07 Å². The molecular weight excluding hydrogens is 207 g/mol. The lowest BCUT2D eigenvalue weighted by atomic mass is 10.0. The van der Waals surface area contributed by atoms with Crippen molar-refractivity contribution >= 4 is 5.78 Å². The summed E-state index contributed by atoms with van der Waals surface area (Å²) in [6, 6.07) is 4.34. The Morgan fingerprint density at radius 3 is 2.40 bits per heavy atom. The Morgan fingerprint density at radius 1 is 1.40 bits per heavy atom. The second-order valence-electron chi connectivity index (χ2n) is 2.93. The van der Waals surface area contributed by atoms with Gasteiger partial charge in [0.2, 0.25) is 0 Å². The maximum atomic E-state index is 12.4. The van der Waals surface area contributed by atoms with Crippen LogP contribution in [-0.4, -0.2) is 5.78 Å². The van der Waals surface area contributed by atoms with E-state index in [9.17, 15) is 18.0 Å². The Labute approximate surface area is 83.9 Å². The first-order valence-corrected chi connectivity index (χ1v) is 3.98. The molecule has 0 N–H and O–H groups in total. The first-order chi connectivity index (χ1) is 6.86. The molecule has 1 aromatic rings. The summed E-state index contributed by atoms with van der Waals surface area (Å²) >= 11 is 0. The van der Waals surface area contributed by atoms with E-state index in [1.165, 1.54) is 19.1 Å². The molecule has 0 spiro atoms. The van der Waals surface area contributed by atoms with Crippen molar-refractivity contribution in [2.24, 2.45) is 0 Å². The smallest absolute Gasteiger partial charge is 0.295 e. The van der Waals surface area contributed by atoms with Crippen LogP contribution in [0.2, 0.25) is 0 Å². The number of carbonyl (C=O) groups excluding carboxylic acids is 1. The number of hydrogen-bond acceptors (Lipinski definition) is 2.